The Labute approximate surface area is 285 Å². The molecular formula is C38H40FeN4O4. The molecule has 4 aromatic rings. The van der Waals surface area contributed by atoms with Gasteiger partial charge in [-0.3, -0.25) is 9.59 Å². The summed E-state index contributed by atoms with van der Waals surface area (Å²) in [6, 6.07) is 0. The van der Waals surface area contributed by atoms with Gasteiger partial charge in [0.2, 0.25) is 0 Å². The molecule has 5 rings (SSSR count). The van der Waals surface area contributed by atoms with E-state index in [0.29, 0.717) is 26.1 Å². The predicted molar refractivity (Wildman–Crippen MR) is 181 cm³/mol. The molecule has 0 aromatic carbocycles. The molecule has 47 heavy (non-hydrogen) atoms. The number of ether oxygens (including phenoxy) is 2. The summed E-state index contributed by atoms with van der Waals surface area (Å²) in [7, 11) is 0. The molecular weight excluding hydrogens is 632 g/mol. The van der Waals surface area contributed by atoms with E-state index in [2.05, 4.69) is 13.2 Å². The van der Waals surface area contributed by atoms with E-state index in [9.17, 15) is 9.59 Å². The van der Waals surface area contributed by atoms with Crippen LogP contribution < -0.4 is 41.3 Å². The normalized spacial score (nSPS) is 14.6. The zero-order valence-electron chi connectivity index (χ0n) is 27.9. The summed E-state index contributed by atoms with van der Waals surface area (Å²) in [6.07, 6.45) is 12.9. The minimum atomic E-state index is -0.259. The van der Waals surface area contributed by atoms with Crippen molar-refractivity contribution >= 4 is 48.4 Å². The molecule has 244 valence electrons. The predicted octanol–water partition coefficient (Wildman–Crippen LogP) is 2.65. The van der Waals surface area contributed by atoms with Gasteiger partial charge in [-0.25, -0.2) is 0 Å². The Morgan fingerprint density at radius 1 is 0.596 bits per heavy atom. The fraction of sp³-hybridized carbons (Fsp3) is 0.316. The van der Waals surface area contributed by atoms with Crippen molar-refractivity contribution in [3.63, 3.8) is 0 Å². The molecule has 5 heterocycles. The number of hydrogen-bond donors (Lipinski definition) is 0. The average molecular weight is 673 g/mol. The summed E-state index contributed by atoms with van der Waals surface area (Å²) in [4.78, 5) is 44.9. The number of esters is 2. The number of rotatable bonds is 10. The van der Waals surface area contributed by atoms with Crippen molar-refractivity contribution in [2.24, 2.45) is 0 Å². The molecule has 8 nitrogen and oxygen atoms in total. The molecule has 0 N–H and O–H groups in total. The maximum atomic E-state index is 12.4. The summed E-state index contributed by atoms with van der Waals surface area (Å²) in [6.45, 7) is 20.5. The Morgan fingerprint density at radius 2 is 1.09 bits per heavy atom. The molecule has 0 unspecified atom stereocenters. The van der Waals surface area contributed by atoms with Crippen LogP contribution in [0.25, 0.3) is 36.5 Å². The summed E-state index contributed by atoms with van der Waals surface area (Å²) in [5.74, 6) is -0.517. The smallest absolute Gasteiger partial charge is 0.657 e. The fourth-order valence-corrected chi connectivity index (χ4v) is 6.07. The van der Waals surface area contributed by atoms with E-state index in [1.165, 1.54) is 0 Å². The van der Waals surface area contributed by atoms with Gasteiger partial charge in [-0.15, -0.1) is 44.2 Å². The second kappa shape index (κ2) is 15.0. The SMILES string of the molecule is C=Cc1c2[n-]c(c1C)/C=c1\[n-]/c(c(CCC(=O)OCC)c1C)=C\c1[n-]c(c(C)c1CCC(=O)OCC)/C=c1\[n-]/c(c(C)c1C=C)=C\2.[Fe+4]. The Kier molecular flexibility index (Phi) is 11.3. The second-order valence-electron chi connectivity index (χ2n) is 11.4. The number of fused-ring (bicyclic) bond motifs is 8. The third kappa shape index (κ3) is 7.11. The van der Waals surface area contributed by atoms with Crippen molar-refractivity contribution in [2.75, 3.05) is 13.2 Å². The van der Waals surface area contributed by atoms with Gasteiger partial charge in [-0.05, 0) is 65.5 Å². The van der Waals surface area contributed by atoms with Crippen LogP contribution in [0, 0.1) is 27.7 Å². The van der Waals surface area contributed by atoms with Crippen molar-refractivity contribution in [3.05, 3.63) is 102 Å². The zero-order chi connectivity index (χ0) is 33.1. The van der Waals surface area contributed by atoms with Gasteiger partial charge in [0.25, 0.3) is 0 Å². The minimum Gasteiger partial charge on any atom is -0.657 e. The quantitative estimate of drug-likeness (QED) is 0.165. The Morgan fingerprint density at radius 3 is 1.70 bits per heavy atom. The summed E-state index contributed by atoms with van der Waals surface area (Å²) in [5, 5.41) is 3.04. The van der Waals surface area contributed by atoms with Crippen LogP contribution in [0.1, 0.15) is 94.0 Å². The van der Waals surface area contributed by atoms with E-state index in [1.807, 2.05) is 64.2 Å². The summed E-state index contributed by atoms with van der Waals surface area (Å²) < 4.78 is 10.5. The Balaban J connectivity index is 0.00000500. The fourth-order valence-electron chi connectivity index (χ4n) is 6.07. The first-order chi connectivity index (χ1) is 22.1. The van der Waals surface area contributed by atoms with Crippen LogP contribution in [0.4, 0.5) is 0 Å². The van der Waals surface area contributed by atoms with E-state index in [0.717, 1.165) is 88.7 Å². The van der Waals surface area contributed by atoms with Gasteiger partial charge in [0.05, 0.1) is 13.2 Å². The van der Waals surface area contributed by atoms with E-state index >= 15 is 0 Å². The van der Waals surface area contributed by atoms with Gasteiger partial charge in [-0.2, -0.15) is 0 Å². The number of hydrogen-bond acceptors (Lipinski definition) is 4. The molecule has 0 fully saturated rings. The molecule has 4 aromatic heterocycles. The van der Waals surface area contributed by atoms with Gasteiger partial charge >= 0.3 is 29.0 Å². The first-order valence-corrected chi connectivity index (χ1v) is 15.7. The average Bonchev–Trinajstić information content (AvgIpc) is 3.68. The van der Waals surface area contributed by atoms with Crippen LogP contribution in [0.2, 0.25) is 0 Å². The molecule has 0 aliphatic carbocycles. The topological polar surface area (TPSA) is 109 Å². The van der Waals surface area contributed by atoms with Crippen LogP contribution in [-0.4, -0.2) is 25.2 Å². The molecule has 1 aliphatic rings. The summed E-state index contributed by atoms with van der Waals surface area (Å²) >= 11 is 0. The van der Waals surface area contributed by atoms with Crippen molar-refractivity contribution in [2.45, 2.75) is 67.2 Å². The molecule has 9 heteroatoms. The van der Waals surface area contributed by atoms with Crippen LogP contribution in [0.15, 0.2) is 13.2 Å². The van der Waals surface area contributed by atoms with Crippen molar-refractivity contribution in [3.8, 4) is 0 Å². The molecule has 0 radical (unpaired) electrons. The molecule has 0 amide bonds. The first kappa shape index (κ1) is 35.4. The molecule has 0 spiro atoms. The third-order valence-electron chi connectivity index (χ3n) is 8.65. The van der Waals surface area contributed by atoms with Crippen molar-refractivity contribution < 1.29 is 36.1 Å². The van der Waals surface area contributed by atoms with Gasteiger partial charge in [0.1, 0.15) is 0 Å². The summed E-state index contributed by atoms with van der Waals surface area (Å²) in [5.41, 5.74) is 10.7. The van der Waals surface area contributed by atoms with Gasteiger partial charge in [-0.1, -0.05) is 83.0 Å². The van der Waals surface area contributed by atoms with Crippen LogP contribution >= 0.6 is 0 Å². The maximum Gasteiger partial charge on any atom is 4.00 e. The molecule has 0 atom stereocenters. The van der Waals surface area contributed by atoms with Crippen LogP contribution in [0.3, 0.4) is 0 Å². The monoisotopic (exact) mass is 672 g/mol. The Hall–Kier alpha value is -4.46. The zero-order valence-corrected chi connectivity index (χ0v) is 29.0. The third-order valence-corrected chi connectivity index (χ3v) is 8.65. The second-order valence-corrected chi connectivity index (χ2v) is 11.4. The van der Waals surface area contributed by atoms with Gasteiger partial charge < -0.3 is 29.4 Å². The largest absolute Gasteiger partial charge is 4.00 e. The number of carbonyl (C=O) groups excluding carboxylic acids is 2. The van der Waals surface area contributed by atoms with Crippen molar-refractivity contribution in [1.82, 2.24) is 19.9 Å². The minimum absolute atomic E-state index is 0. The first-order valence-electron chi connectivity index (χ1n) is 15.7. The van der Waals surface area contributed by atoms with E-state index in [-0.39, 0.29) is 41.8 Å². The Bertz CT molecular complexity index is 2100. The van der Waals surface area contributed by atoms with Crippen LogP contribution in [-0.2, 0) is 49.0 Å². The van der Waals surface area contributed by atoms with E-state index in [4.69, 9.17) is 29.4 Å². The van der Waals surface area contributed by atoms with Crippen molar-refractivity contribution in [1.29, 1.82) is 0 Å². The number of carbonyl (C=O) groups is 2. The molecule has 8 bridgehead atoms. The molecule has 0 saturated carbocycles. The van der Waals surface area contributed by atoms with Crippen LogP contribution in [0.5, 0.6) is 0 Å². The van der Waals surface area contributed by atoms with Gasteiger partial charge in [0.15, 0.2) is 0 Å². The number of nitrogens with zero attached hydrogens (tertiary/aromatic N) is 4. The molecule has 0 saturated heterocycles. The molecule has 1 aliphatic heterocycles. The van der Waals surface area contributed by atoms with Gasteiger partial charge in [0, 0.05) is 12.8 Å². The van der Waals surface area contributed by atoms with E-state index in [1.54, 1.807) is 13.8 Å². The van der Waals surface area contributed by atoms with E-state index < -0.39 is 0 Å². The number of aromatic nitrogens is 4. The standard InChI is InChI=1S/C38H40N4O4.Fe/c1-9-25-21(5)29-17-30-23(7)27(13-15-37(43)45-11-3)35(41-30)20-36-28(14-16-38(44)46-12-4)24(8)32(42-36)19-34-26(10-2)22(6)31(40-34)18-33(25)39-29;/h9-10,17-20H,1-2,11-16H2,3-8H3;/q-4;+4/b29-17?,30-17-,31-18-,32-19?,33-18?,34-19-,35-20-,36-20?;. The maximum absolute atomic E-state index is 12.4.